The fourth-order valence-corrected chi connectivity index (χ4v) is 5.98. The molecular formula is C24H28N6O2S2. The van der Waals surface area contributed by atoms with E-state index in [4.69, 9.17) is 4.42 Å². The number of hydrogen-bond donors (Lipinski definition) is 0. The lowest BCUT2D eigenvalue weighted by Crippen LogP contribution is -2.35. The Balaban J connectivity index is 1.34. The average Bonchev–Trinajstić information content (AvgIpc) is 3.59. The topological polar surface area (TPSA) is 80.3 Å². The maximum atomic E-state index is 13.2. The maximum Gasteiger partial charge on any atom is 0.239 e. The molecular weight excluding hydrogens is 468 g/mol. The van der Waals surface area contributed by atoms with Crippen molar-refractivity contribution in [2.24, 2.45) is 5.92 Å². The van der Waals surface area contributed by atoms with Gasteiger partial charge in [0, 0.05) is 19.6 Å². The van der Waals surface area contributed by atoms with Crippen LogP contribution in [0.15, 0.2) is 52.2 Å². The highest BCUT2D eigenvalue weighted by atomic mass is 32.2. The molecule has 0 spiro atoms. The number of aromatic nitrogens is 4. The van der Waals surface area contributed by atoms with Crippen LogP contribution in [0, 0.1) is 5.92 Å². The third kappa shape index (κ3) is 4.83. The third-order valence-electron chi connectivity index (χ3n) is 6.11. The van der Waals surface area contributed by atoms with E-state index < -0.39 is 0 Å². The number of thioether (sulfide) groups is 1. The fraction of sp³-hybridized carbons (Fsp3) is 0.417. The SMILES string of the molecule is CCN(C(=O)CSc1nnc(N2CCC(C)CC2)n1Cc1ccco1)c1nc2ccccc2s1. The van der Waals surface area contributed by atoms with Crippen LogP contribution in [0.1, 0.15) is 32.4 Å². The largest absolute Gasteiger partial charge is 0.467 e. The van der Waals surface area contributed by atoms with E-state index in [1.165, 1.54) is 11.8 Å². The van der Waals surface area contributed by atoms with E-state index in [9.17, 15) is 4.79 Å². The van der Waals surface area contributed by atoms with E-state index in [0.29, 0.717) is 13.1 Å². The van der Waals surface area contributed by atoms with Crippen molar-refractivity contribution >= 4 is 50.3 Å². The minimum atomic E-state index is 0.00690. The molecule has 1 aliphatic heterocycles. The summed E-state index contributed by atoms with van der Waals surface area (Å²) in [4.78, 5) is 21.9. The maximum absolute atomic E-state index is 13.2. The van der Waals surface area contributed by atoms with Crippen molar-refractivity contribution in [3.8, 4) is 0 Å². The Kier molecular flexibility index (Phi) is 6.87. The number of thiazole rings is 1. The van der Waals surface area contributed by atoms with Crippen molar-refractivity contribution < 1.29 is 9.21 Å². The number of hydrogen-bond acceptors (Lipinski definition) is 8. The van der Waals surface area contributed by atoms with Gasteiger partial charge in [-0.2, -0.15) is 0 Å². The van der Waals surface area contributed by atoms with Gasteiger partial charge in [0.25, 0.3) is 0 Å². The van der Waals surface area contributed by atoms with E-state index in [1.54, 1.807) is 22.5 Å². The Morgan fingerprint density at radius 2 is 2.03 bits per heavy atom. The molecule has 0 N–H and O–H groups in total. The molecule has 0 atom stereocenters. The zero-order chi connectivity index (χ0) is 23.5. The van der Waals surface area contributed by atoms with Gasteiger partial charge in [0.2, 0.25) is 11.9 Å². The van der Waals surface area contributed by atoms with Gasteiger partial charge < -0.3 is 9.32 Å². The van der Waals surface area contributed by atoms with Crippen LogP contribution in [-0.2, 0) is 11.3 Å². The molecule has 178 valence electrons. The van der Waals surface area contributed by atoms with Gasteiger partial charge in [0.1, 0.15) is 5.76 Å². The normalized spacial score (nSPS) is 14.7. The van der Waals surface area contributed by atoms with Crippen molar-refractivity contribution in [1.82, 2.24) is 19.7 Å². The van der Waals surface area contributed by atoms with Gasteiger partial charge in [-0.15, -0.1) is 10.2 Å². The zero-order valence-corrected chi connectivity index (χ0v) is 21.0. The molecule has 8 nitrogen and oxygen atoms in total. The Hall–Kier alpha value is -2.85. The summed E-state index contributed by atoms with van der Waals surface area (Å²) in [6.07, 6.45) is 3.96. The fourth-order valence-electron chi connectivity index (χ4n) is 4.13. The molecule has 1 aromatic carbocycles. The van der Waals surface area contributed by atoms with Gasteiger partial charge >= 0.3 is 0 Å². The van der Waals surface area contributed by atoms with Gasteiger partial charge in [-0.25, -0.2) is 4.98 Å². The third-order valence-corrected chi connectivity index (χ3v) is 8.12. The number of anilines is 2. The number of rotatable bonds is 8. The summed E-state index contributed by atoms with van der Waals surface area (Å²) in [6.45, 7) is 7.29. The molecule has 1 fully saturated rings. The van der Waals surface area contributed by atoms with Gasteiger partial charge in [-0.1, -0.05) is 42.2 Å². The summed E-state index contributed by atoms with van der Waals surface area (Å²) < 4.78 is 8.75. The second kappa shape index (κ2) is 10.2. The number of furan rings is 1. The monoisotopic (exact) mass is 496 g/mol. The van der Waals surface area contributed by atoms with Crippen molar-refractivity contribution in [3.05, 3.63) is 48.4 Å². The number of nitrogens with zero attached hydrogens (tertiary/aromatic N) is 6. The lowest BCUT2D eigenvalue weighted by Gasteiger charge is -2.31. The number of carbonyl (C=O) groups excluding carboxylic acids is 1. The molecule has 4 aromatic rings. The summed E-state index contributed by atoms with van der Waals surface area (Å²) in [5.74, 6) is 2.68. The first-order valence-corrected chi connectivity index (χ1v) is 13.4. The molecule has 10 heteroatoms. The van der Waals surface area contributed by atoms with E-state index in [2.05, 4.69) is 31.6 Å². The molecule has 34 heavy (non-hydrogen) atoms. The lowest BCUT2D eigenvalue weighted by atomic mass is 10.00. The van der Waals surface area contributed by atoms with E-state index in [1.807, 2.05) is 43.3 Å². The number of benzene rings is 1. The number of fused-ring (bicyclic) bond motifs is 1. The van der Waals surface area contributed by atoms with Crippen molar-refractivity contribution in [2.75, 3.05) is 35.2 Å². The summed E-state index contributed by atoms with van der Waals surface area (Å²) in [7, 11) is 0. The van der Waals surface area contributed by atoms with Gasteiger partial charge in [0.15, 0.2) is 10.3 Å². The molecule has 0 aliphatic carbocycles. The van der Waals surface area contributed by atoms with Crippen molar-refractivity contribution in [1.29, 1.82) is 0 Å². The minimum Gasteiger partial charge on any atom is -0.467 e. The predicted octanol–water partition coefficient (Wildman–Crippen LogP) is 4.91. The predicted molar refractivity (Wildman–Crippen MR) is 137 cm³/mol. The Morgan fingerprint density at radius 3 is 2.76 bits per heavy atom. The van der Waals surface area contributed by atoms with Gasteiger partial charge in [-0.05, 0) is 49.9 Å². The highest BCUT2D eigenvalue weighted by molar-refractivity contribution is 7.99. The smallest absolute Gasteiger partial charge is 0.239 e. The first-order chi connectivity index (χ1) is 16.6. The molecule has 1 amide bonds. The quantitative estimate of drug-likeness (QED) is 0.321. The molecule has 0 radical (unpaired) electrons. The first kappa shape index (κ1) is 22.9. The van der Waals surface area contributed by atoms with E-state index in [-0.39, 0.29) is 11.7 Å². The molecule has 1 aliphatic rings. The van der Waals surface area contributed by atoms with Crippen LogP contribution in [-0.4, -0.2) is 51.0 Å². The van der Waals surface area contributed by atoms with Crippen LogP contribution in [0.25, 0.3) is 10.2 Å². The summed E-state index contributed by atoms with van der Waals surface area (Å²) in [6, 6.07) is 11.8. The molecule has 0 bridgehead atoms. The Morgan fingerprint density at radius 1 is 1.21 bits per heavy atom. The van der Waals surface area contributed by atoms with E-state index in [0.717, 1.165) is 64.1 Å². The number of amides is 1. The van der Waals surface area contributed by atoms with Crippen LogP contribution in [0.2, 0.25) is 0 Å². The molecule has 5 rings (SSSR count). The first-order valence-electron chi connectivity index (χ1n) is 11.6. The molecule has 0 unspecified atom stereocenters. The van der Waals surface area contributed by atoms with Crippen molar-refractivity contribution in [3.63, 3.8) is 0 Å². The standard InChI is InChI=1S/C24H28N6O2S2/c1-3-29(23-25-19-8-4-5-9-20(19)34-23)21(31)16-33-24-27-26-22(28-12-10-17(2)11-13-28)30(24)15-18-7-6-14-32-18/h4-9,14,17H,3,10-13,15-16H2,1-2H3. The summed E-state index contributed by atoms with van der Waals surface area (Å²) in [5.41, 5.74) is 0.917. The highest BCUT2D eigenvalue weighted by Gasteiger charge is 2.25. The van der Waals surface area contributed by atoms with Gasteiger partial charge in [0.05, 0.1) is 28.8 Å². The Bertz CT molecular complexity index is 1210. The van der Waals surface area contributed by atoms with Crippen LogP contribution in [0.3, 0.4) is 0 Å². The average molecular weight is 497 g/mol. The van der Waals surface area contributed by atoms with Crippen LogP contribution in [0.4, 0.5) is 11.1 Å². The molecule has 0 saturated carbocycles. The van der Waals surface area contributed by atoms with Crippen LogP contribution < -0.4 is 9.80 Å². The number of piperidine rings is 1. The lowest BCUT2D eigenvalue weighted by molar-refractivity contribution is -0.116. The number of para-hydroxylation sites is 1. The molecule has 1 saturated heterocycles. The van der Waals surface area contributed by atoms with E-state index >= 15 is 0 Å². The van der Waals surface area contributed by atoms with Gasteiger partial charge in [-0.3, -0.25) is 14.3 Å². The summed E-state index contributed by atoms with van der Waals surface area (Å²) in [5, 5.41) is 10.4. The molecule has 4 heterocycles. The zero-order valence-electron chi connectivity index (χ0n) is 19.4. The number of carbonyl (C=O) groups is 1. The van der Waals surface area contributed by atoms with Crippen LogP contribution in [0.5, 0.6) is 0 Å². The second-order valence-electron chi connectivity index (χ2n) is 8.51. The summed E-state index contributed by atoms with van der Waals surface area (Å²) >= 11 is 2.96. The Labute approximate surface area is 207 Å². The molecule has 3 aromatic heterocycles. The second-order valence-corrected chi connectivity index (χ2v) is 10.5. The highest BCUT2D eigenvalue weighted by Crippen LogP contribution is 2.30. The minimum absolute atomic E-state index is 0.00690. The van der Waals surface area contributed by atoms with Crippen molar-refractivity contribution in [2.45, 2.75) is 38.4 Å². The van der Waals surface area contributed by atoms with Crippen LogP contribution >= 0.6 is 23.1 Å².